The Kier molecular flexibility index (Phi) is 5.00. The van der Waals surface area contributed by atoms with Crippen LogP contribution in [-0.2, 0) is 4.79 Å². The third-order valence-electron chi connectivity index (χ3n) is 3.57. The fraction of sp³-hybridized carbons (Fsp3) is 0.462. The van der Waals surface area contributed by atoms with Gasteiger partial charge in [0.05, 0.1) is 10.3 Å². The molecule has 6 heteroatoms. The Bertz CT molecular complexity index is 462. The van der Waals surface area contributed by atoms with Gasteiger partial charge in [-0.25, -0.2) is 0 Å². The van der Waals surface area contributed by atoms with Crippen molar-refractivity contribution < 1.29 is 9.72 Å². The highest BCUT2D eigenvalue weighted by molar-refractivity contribution is 5.97. The number of nitro groups is 1. The Morgan fingerprint density at radius 1 is 1.37 bits per heavy atom. The standard InChI is InChI=1S/C13H19N3O3/c1-3-13(4-2,9-14)12(17)15-10-7-5-6-8-11(10)16(18)19/h5-8H,3-4,9,14H2,1-2H3,(H,15,17). The zero-order valence-corrected chi connectivity index (χ0v) is 11.2. The Hall–Kier alpha value is -1.95. The number of para-hydroxylation sites is 2. The van der Waals surface area contributed by atoms with Gasteiger partial charge in [0, 0.05) is 12.6 Å². The summed E-state index contributed by atoms with van der Waals surface area (Å²) in [6.07, 6.45) is 1.18. The second kappa shape index (κ2) is 6.29. The van der Waals surface area contributed by atoms with E-state index in [4.69, 9.17) is 5.73 Å². The zero-order chi connectivity index (χ0) is 14.5. The smallest absolute Gasteiger partial charge is 0.292 e. The van der Waals surface area contributed by atoms with Gasteiger partial charge < -0.3 is 11.1 Å². The van der Waals surface area contributed by atoms with Crippen LogP contribution in [0.1, 0.15) is 26.7 Å². The van der Waals surface area contributed by atoms with Crippen LogP contribution < -0.4 is 11.1 Å². The molecule has 0 unspecified atom stereocenters. The van der Waals surface area contributed by atoms with Crippen molar-refractivity contribution in [1.29, 1.82) is 0 Å². The van der Waals surface area contributed by atoms with Gasteiger partial charge in [0.2, 0.25) is 5.91 Å². The largest absolute Gasteiger partial charge is 0.329 e. The van der Waals surface area contributed by atoms with Crippen LogP contribution in [0.3, 0.4) is 0 Å². The molecule has 0 bridgehead atoms. The number of rotatable bonds is 6. The zero-order valence-electron chi connectivity index (χ0n) is 11.2. The molecule has 0 spiro atoms. The van der Waals surface area contributed by atoms with E-state index >= 15 is 0 Å². The highest BCUT2D eigenvalue weighted by Crippen LogP contribution is 2.29. The molecule has 1 aromatic rings. The second-order valence-corrected chi connectivity index (χ2v) is 4.42. The first-order valence-corrected chi connectivity index (χ1v) is 6.25. The number of anilines is 1. The number of amides is 1. The molecule has 1 amide bonds. The van der Waals surface area contributed by atoms with Crippen LogP contribution in [0, 0.1) is 15.5 Å². The first-order valence-electron chi connectivity index (χ1n) is 6.25. The van der Waals surface area contributed by atoms with Crippen LogP contribution in [0.4, 0.5) is 11.4 Å². The summed E-state index contributed by atoms with van der Waals surface area (Å²) in [7, 11) is 0. The minimum absolute atomic E-state index is 0.117. The molecule has 1 aromatic carbocycles. The Labute approximate surface area is 112 Å². The number of carbonyl (C=O) groups is 1. The van der Waals surface area contributed by atoms with Gasteiger partial charge in [0.15, 0.2) is 0 Å². The minimum Gasteiger partial charge on any atom is -0.329 e. The molecule has 0 aromatic heterocycles. The average molecular weight is 265 g/mol. The van der Waals surface area contributed by atoms with E-state index in [1.165, 1.54) is 12.1 Å². The third-order valence-corrected chi connectivity index (χ3v) is 3.57. The summed E-state index contributed by atoms with van der Waals surface area (Å²) in [5.41, 5.74) is 5.10. The molecular weight excluding hydrogens is 246 g/mol. The number of hydrogen-bond donors (Lipinski definition) is 2. The van der Waals surface area contributed by atoms with Crippen LogP contribution in [0.2, 0.25) is 0 Å². The fourth-order valence-electron chi connectivity index (χ4n) is 1.95. The lowest BCUT2D eigenvalue weighted by Crippen LogP contribution is -2.41. The SMILES string of the molecule is CCC(CC)(CN)C(=O)Nc1ccccc1[N+](=O)[O-]. The van der Waals surface area contributed by atoms with Crippen molar-refractivity contribution in [3.05, 3.63) is 34.4 Å². The number of hydrogen-bond acceptors (Lipinski definition) is 4. The van der Waals surface area contributed by atoms with E-state index in [9.17, 15) is 14.9 Å². The third kappa shape index (κ3) is 3.08. The number of nitrogens with zero attached hydrogens (tertiary/aromatic N) is 1. The number of nitro benzene ring substituents is 1. The van der Waals surface area contributed by atoms with Crippen molar-refractivity contribution in [2.75, 3.05) is 11.9 Å². The quantitative estimate of drug-likeness (QED) is 0.609. The van der Waals surface area contributed by atoms with Crippen molar-refractivity contribution in [2.45, 2.75) is 26.7 Å². The highest BCUT2D eigenvalue weighted by Gasteiger charge is 2.34. The molecule has 0 radical (unpaired) electrons. The lowest BCUT2D eigenvalue weighted by Gasteiger charge is -2.28. The summed E-state index contributed by atoms with van der Waals surface area (Å²) in [5.74, 6) is -0.269. The van der Waals surface area contributed by atoms with Gasteiger partial charge in [0.1, 0.15) is 5.69 Å². The Morgan fingerprint density at radius 3 is 2.42 bits per heavy atom. The van der Waals surface area contributed by atoms with Crippen LogP contribution in [0.5, 0.6) is 0 Å². The lowest BCUT2D eigenvalue weighted by molar-refractivity contribution is -0.383. The van der Waals surface area contributed by atoms with Gasteiger partial charge in [-0.3, -0.25) is 14.9 Å². The molecule has 0 atom stereocenters. The summed E-state index contributed by atoms with van der Waals surface area (Å²) in [6, 6.07) is 6.08. The van der Waals surface area contributed by atoms with E-state index in [2.05, 4.69) is 5.32 Å². The maximum atomic E-state index is 12.3. The monoisotopic (exact) mass is 265 g/mol. The lowest BCUT2D eigenvalue weighted by atomic mass is 9.81. The van der Waals surface area contributed by atoms with Gasteiger partial charge in [-0.2, -0.15) is 0 Å². The van der Waals surface area contributed by atoms with E-state index in [-0.39, 0.29) is 23.8 Å². The van der Waals surface area contributed by atoms with Crippen LogP contribution >= 0.6 is 0 Å². The van der Waals surface area contributed by atoms with E-state index < -0.39 is 10.3 Å². The molecular formula is C13H19N3O3. The Balaban J connectivity index is 3.03. The van der Waals surface area contributed by atoms with Crippen molar-refractivity contribution in [1.82, 2.24) is 0 Å². The van der Waals surface area contributed by atoms with Crippen molar-refractivity contribution in [3.63, 3.8) is 0 Å². The predicted octanol–water partition coefficient (Wildman–Crippen LogP) is 2.30. The molecule has 0 saturated carbocycles. The Morgan fingerprint density at radius 2 is 1.95 bits per heavy atom. The molecule has 0 heterocycles. The maximum Gasteiger partial charge on any atom is 0.292 e. The van der Waals surface area contributed by atoms with Gasteiger partial charge in [-0.15, -0.1) is 0 Å². The molecule has 6 nitrogen and oxygen atoms in total. The van der Waals surface area contributed by atoms with Gasteiger partial charge >= 0.3 is 0 Å². The second-order valence-electron chi connectivity index (χ2n) is 4.42. The van der Waals surface area contributed by atoms with Crippen molar-refractivity contribution in [2.24, 2.45) is 11.1 Å². The summed E-state index contributed by atoms with van der Waals surface area (Å²) in [4.78, 5) is 22.7. The molecule has 0 aliphatic rings. The van der Waals surface area contributed by atoms with Crippen molar-refractivity contribution in [3.8, 4) is 0 Å². The molecule has 0 aliphatic carbocycles. The van der Waals surface area contributed by atoms with E-state index in [1.807, 2.05) is 13.8 Å². The van der Waals surface area contributed by atoms with E-state index in [0.29, 0.717) is 12.8 Å². The molecule has 19 heavy (non-hydrogen) atoms. The van der Waals surface area contributed by atoms with Crippen LogP contribution in [0.25, 0.3) is 0 Å². The van der Waals surface area contributed by atoms with Gasteiger partial charge in [-0.1, -0.05) is 26.0 Å². The highest BCUT2D eigenvalue weighted by atomic mass is 16.6. The number of carbonyl (C=O) groups excluding carboxylic acids is 1. The molecule has 0 aliphatic heterocycles. The number of nitrogens with two attached hydrogens (primary N) is 1. The van der Waals surface area contributed by atoms with E-state index in [0.717, 1.165) is 0 Å². The first kappa shape index (κ1) is 15.1. The van der Waals surface area contributed by atoms with Crippen molar-refractivity contribution >= 4 is 17.3 Å². The summed E-state index contributed by atoms with van der Waals surface area (Å²) >= 11 is 0. The number of benzene rings is 1. The van der Waals surface area contributed by atoms with E-state index in [1.54, 1.807) is 12.1 Å². The normalized spacial score (nSPS) is 11.1. The fourth-order valence-corrected chi connectivity index (χ4v) is 1.95. The van der Waals surface area contributed by atoms with Crippen LogP contribution in [-0.4, -0.2) is 17.4 Å². The summed E-state index contributed by atoms with van der Waals surface area (Å²) < 4.78 is 0. The topological polar surface area (TPSA) is 98.3 Å². The minimum atomic E-state index is -0.677. The average Bonchev–Trinajstić information content (AvgIpc) is 2.41. The molecule has 0 fully saturated rings. The van der Waals surface area contributed by atoms with Gasteiger partial charge in [-0.05, 0) is 18.9 Å². The molecule has 3 N–H and O–H groups in total. The molecule has 0 saturated heterocycles. The first-order chi connectivity index (χ1) is 9.00. The van der Waals surface area contributed by atoms with Gasteiger partial charge in [0.25, 0.3) is 5.69 Å². The summed E-state index contributed by atoms with van der Waals surface area (Å²) in [6.45, 7) is 3.98. The molecule has 104 valence electrons. The molecule has 1 rings (SSSR count). The predicted molar refractivity (Wildman–Crippen MR) is 73.8 cm³/mol. The number of nitrogens with one attached hydrogen (secondary N) is 1. The summed E-state index contributed by atoms with van der Waals surface area (Å²) in [5, 5.41) is 13.5. The van der Waals surface area contributed by atoms with Crippen LogP contribution in [0.15, 0.2) is 24.3 Å². The maximum absolute atomic E-state index is 12.3.